The lowest BCUT2D eigenvalue weighted by Crippen LogP contribution is -2.34. The molecule has 0 saturated heterocycles. The number of hydrogen-bond acceptors (Lipinski definition) is 4. The third-order valence-corrected chi connectivity index (χ3v) is 3.43. The van der Waals surface area contributed by atoms with Crippen LogP contribution in [0.1, 0.15) is 20.8 Å². The number of hydrogen-bond donors (Lipinski definition) is 2. The molecular formula is C14H11N3O2S. The van der Waals surface area contributed by atoms with Crippen molar-refractivity contribution in [3.63, 3.8) is 0 Å². The van der Waals surface area contributed by atoms with Gasteiger partial charge in [0.1, 0.15) is 11.1 Å². The standard InChI is InChI=1S/C14H11N3O2S/c1-9-7-11(8-15)13(20-9)17-14(19)16-12(18)10-5-3-2-4-6-10/h2-7H,1H3,(H2,16,17,18,19). The van der Waals surface area contributed by atoms with E-state index in [9.17, 15) is 9.59 Å². The second kappa shape index (κ2) is 5.99. The number of aryl methyl sites for hydroxylation is 1. The minimum atomic E-state index is -0.655. The molecule has 0 aliphatic carbocycles. The van der Waals surface area contributed by atoms with E-state index in [1.165, 1.54) is 11.3 Å². The van der Waals surface area contributed by atoms with Crippen LogP contribution in [-0.4, -0.2) is 11.9 Å². The molecule has 0 atom stereocenters. The van der Waals surface area contributed by atoms with Crippen molar-refractivity contribution in [3.05, 3.63) is 52.4 Å². The zero-order chi connectivity index (χ0) is 14.5. The quantitative estimate of drug-likeness (QED) is 0.890. The van der Waals surface area contributed by atoms with Crippen LogP contribution in [0.4, 0.5) is 9.80 Å². The highest BCUT2D eigenvalue weighted by Crippen LogP contribution is 2.26. The van der Waals surface area contributed by atoms with E-state index in [2.05, 4.69) is 10.6 Å². The molecule has 1 aromatic heterocycles. The molecule has 0 spiro atoms. The van der Waals surface area contributed by atoms with E-state index in [4.69, 9.17) is 5.26 Å². The summed E-state index contributed by atoms with van der Waals surface area (Å²) in [5, 5.41) is 14.1. The van der Waals surface area contributed by atoms with Gasteiger partial charge in [0.15, 0.2) is 0 Å². The number of benzene rings is 1. The molecular weight excluding hydrogens is 274 g/mol. The van der Waals surface area contributed by atoms with Crippen LogP contribution in [0.15, 0.2) is 36.4 Å². The molecule has 2 rings (SSSR count). The summed E-state index contributed by atoms with van der Waals surface area (Å²) in [4.78, 5) is 24.4. The average Bonchev–Trinajstić information content (AvgIpc) is 2.79. The predicted molar refractivity (Wildman–Crippen MR) is 76.7 cm³/mol. The molecule has 0 saturated carbocycles. The molecule has 5 nitrogen and oxygen atoms in total. The third kappa shape index (κ3) is 3.22. The molecule has 0 unspecified atom stereocenters. The Morgan fingerprint density at radius 3 is 2.60 bits per heavy atom. The van der Waals surface area contributed by atoms with Crippen LogP contribution in [0.3, 0.4) is 0 Å². The van der Waals surface area contributed by atoms with Crippen LogP contribution in [0.5, 0.6) is 0 Å². The monoisotopic (exact) mass is 285 g/mol. The number of carbonyl (C=O) groups excluding carboxylic acids is 2. The van der Waals surface area contributed by atoms with Gasteiger partial charge < -0.3 is 0 Å². The Bertz CT molecular complexity index is 686. The van der Waals surface area contributed by atoms with Gasteiger partial charge in [0.05, 0.1) is 5.56 Å². The number of carbonyl (C=O) groups is 2. The van der Waals surface area contributed by atoms with Crippen LogP contribution in [0, 0.1) is 18.3 Å². The van der Waals surface area contributed by atoms with Gasteiger partial charge in [-0.1, -0.05) is 18.2 Å². The lowest BCUT2D eigenvalue weighted by Gasteiger charge is -2.05. The van der Waals surface area contributed by atoms with Gasteiger partial charge >= 0.3 is 6.03 Å². The second-order valence-corrected chi connectivity index (χ2v) is 5.24. The molecule has 3 amide bonds. The van der Waals surface area contributed by atoms with Gasteiger partial charge in [-0.2, -0.15) is 5.26 Å². The number of nitriles is 1. The molecule has 1 aromatic carbocycles. The molecule has 0 aliphatic heterocycles. The molecule has 0 bridgehead atoms. The number of anilines is 1. The maximum absolute atomic E-state index is 11.8. The zero-order valence-electron chi connectivity index (χ0n) is 10.6. The number of amides is 3. The highest BCUT2D eigenvalue weighted by atomic mass is 32.1. The van der Waals surface area contributed by atoms with Crippen molar-refractivity contribution >= 4 is 28.3 Å². The van der Waals surface area contributed by atoms with E-state index in [1.807, 2.05) is 13.0 Å². The maximum Gasteiger partial charge on any atom is 0.326 e. The van der Waals surface area contributed by atoms with Crippen molar-refractivity contribution in [1.82, 2.24) is 5.32 Å². The van der Waals surface area contributed by atoms with Crippen LogP contribution < -0.4 is 10.6 Å². The fraction of sp³-hybridized carbons (Fsp3) is 0.0714. The number of rotatable bonds is 2. The molecule has 20 heavy (non-hydrogen) atoms. The number of nitrogens with zero attached hydrogens (tertiary/aromatic N) is 1. The Morgan fingerprint density at radius 2 is 1.95 bits per heavy atom. The fourth-order valence-electron chi connectivity index (χ4n) is 1.59. The Morgan fingerprint density at radius 1 is 1.25 bits per heavy atom. The second-order valence-electron chi connectivity index (χ2n) is 3.99. The van der Waals surface area contributed by atoms with Gasteiger partial charge in [0.2, 0.25) is 0 Å². The highest BCUT2D eigenvalue weighted by Gasteiger charge is 2.13. The number of urea groups is 1. The molecule has 6 heteroatoms. The van der Waals surface area contributed by atoms with Crippen molar-refractivity contribution in [2.75, 3.05) is 5.32 Å². The fourth-order valence-corrected chi connectivity index (χ4v) is 2.45. The highest BCUT2D eigenvalue weighted by molar-refractivity contribution is 7.16. The summed E-state index contributed by atoms with van der Waals surface area (Å²) in [6.45, 7) is 1.84. The average molecular weight is 285 g/mol. The SMILES string of the molecule is Cc1cc(C#N)c(NC(=O)NC(=O)c2ccccc2)s1. The summed E-state index contributed by atoms with van der Waals surface area (Å²) < 4.78 is 0. The summed E-state index contributed by atoms with van der Waals surface area (Å²) in [6, 6.07) is 11.4. The minimum Gasteiger partial charge on any atom is -0.298 e. The minimum absolute atomic E-state index is 0.384. The summed E-state index contributed by atoms with van der Waals surface area (Å²) in [6.07, 6.45) is 0. The van der Waals surface area contributed by atoms with E-state index in [1.54, 1.807) is 36.4 Å². The topological polar surface area (TPSA) is 82.0 Å². The van der Waals surface area contributed by atoms with Crippen molar-refractivity contribution < 1.29 is 9.59 Å². The largest absolute Gasteiger partial charge is 0.326 e. The van der Waals surface area contributed by atoms with E-state index < -0.39 is 11.9 Å². The number of nitrogens with one attached hydrogen (secondary N) is 2. The van der Waals surface area contributed by atoms with Crippen LogP contribution in [0.2, 0.25) is 0 Å². The maximum atomic E-state index is 11.8. The molecule has 1 heterocycles. The lowest BCUT2D eigenvalue weighted by atomic mass is 10.2. The van der Waals surface area contributed by atoms with Gasteiger partial charge in [-0.15, -0.1) is 11.3 Å². The first-order valence-corrected chi connectivity index (χ1v) is 6.59. The van der Waals surface area contributed by atoms with E-state index >= 15 is 0 Å². The molecule has 2 N–H and O–H groups in total. The van der Waals surface area contributed by atoms with Crippen LogP contribution >= 0.6 is 11.3 Å². The van der Waals surface area contributed by atoms with Crippen molar-refractivity contribution in [2.24, 2.45) is 0 Å². The number of imide groups is 1. The molecule has 100 valence electrons. The van der Waals surface area contributed by atoms with Gasteiger partial charge in [-0.05, 0) is 25.1 Å². The molecule has 0 aliphatic rings. The first-order valence-electron chi connectivity index (χ1n) is 5.78. The van der Waals surface area contributed by atoms with E-state index in [-0.39, 0.29) is 0 Å². The Kier molecular flexibility index (Phi) is 4.13. The van der Waals surface area contributed by atoms with Crippen LogP contribution in [0.25, 0.3) is 0 Å². The third-order valence-electron chi connectivity index (χ3n) is 2.47. The summed E-state index contributed by atoms with van der Waals surface area (Å²) >= 11 is 1.28. The van der Waals surface area contributed by atoms with Gasteiger partial charge in [0.25, 0.3) is 5.91 Å². The Labute approximate surface area is 119 Å². The van der Waals surface area contributed by atoms with Gasteiger partial charge in [-0.3, -0.25) is 15.4 Å². The summed E-state index contributed by atoms with van der Waals surface area (Å²) in [5.74, 6) is -0.491. The van der Waals surface area contributed by atoms with Crippen molar-refractivity contribution in [3.8, 4) is 6.07 Å². The first-order chi connectivity index (χ1) is 9.60. The van der Waals surface area contributed by atoms with Crippen molar-refractivity contribution in [2.45, 2.75) is 6.92 Å². The first kappa shape index (κ1) is 13.8. The summed E-state index contributed by atoms with van der Waals surface area (Å²) in [7, 11) is 0. The van der Waals surface area contributed by atoms with Crippen molar-refractivity contribution in [1.29, 1.82) is 5.26 Å². The number of thiophene rings is 1. The van der Waals surface area contributed by atoms with Gasteiger partial charge in [-0.25, -0.2) is 4.79 Å². The zero-order valence-corrected chi connectivity index (χ0v) is 11.5. The Balaban J connectivity index is 2.03. The van der Waals surface area contributed by atoms with E-state index in [0.29, 0.717) is 16.1 Å². The lowest BCUT2D eigenvalue weighted by molar-refractivity contribution is 0.0967. The smallest absolute Gasteiger partial charge is 0.298 e. The molecule has 2 aromatic rings. The normalized spacial score (nSPS) is 9.60. The molecule has 0 radical (unpaired) electrons. The van der Waals surface area contributed by atoms with Crippen LogP contribution in [-0.2, 0) is 0 Å². The van der Waals surface area contributed by atoms with E-state index in [0.717, 1.165) is 4.88 Å². The van der Waals surface area contributed by atoms with Gasteiger partial charge in [0, 0.05) is 10.4 Å². The summed E-state index contributed by atoms with van der Waals surface area (Å²) in [5.41, 5.74) is 0.778. The Hall–Kier alpha value is -2.65. The molecule has 0 fully saturated rings. The predicted octanol–water partition coefficient (Wildman–Crippen LogP) is 2.89.